The standard InChI is InChI=1S/C26H29NO2S/c1-26(2)17-8-18-27(24(20-26)15-13-21-9-4-3-5-10-21)30(28,29)25-16-14-22-11-6-7-12-23(22)19-25/h3-7,9-16,19,24H,8,17-18,20H2,1-2H3/b15-13+. The van der Waals surface area contributed by atoms with Crippen LogP contribution in [0, 0.1) is 5.41 Å². The minimum Gasteiger partial charge on any atom is -0.207 e. The number of hydrogen-bond donors (Lipinski definition) is 0. The summed E-state index contributed by atoms with van der Waals surface area (Å²) in [6.45, 7) is 5.02. The van der Waals surface area contributed by atoms with E-state index in [-0.39, 0.29) is 11.5 Å². The molecule has 3 aromatic carbocycles. The molecule has 0 N–H and O–H groups in total. The maximum Gasteiger partial charge on any atom is 0.243 e. The molecule has 1 saturated heterocycles. The number of benzene rings is 3. The summed E-state index contributed by atoms with van der Waals surface area (Å²) in [5, 5.41) is 2.00. The molecule has 0 bridgehead atoms. The Bertz CT molecular complexity index is 1150. The lowest BCUT2D eigenvalue weighted by molar-refractivity contribution is 0.282. The third kappa shape index (κ3) is 4.50. The Morgan fingerprint density at radius 1 is 0.933 bits per heavy atom. The summed E-state index contributed by atoms with van der Waals surface area (Å²) in [6.07, 6.45) is 6.82. The van der Waals surface area contributed by atoms with Gasteiger partial charge >= 0.3 is 0 Å². The second-order valence-corrected chi connectivity index (χ2v) is 10.8. The fraction of sp³-hybridized carbons (Fsp3) is 0.308. The molecule has 4 rings (SSSR count). The van der Waals surface area contributed by atoms with Crippen molar-refractivity contribution in [2.75, 3.05) is 6.54 Å². The van der Waals surface area contributed by atoms with Crippen molar-refractivity contribution in [3.63, 3.8) is 0 Å². The molecule has 1 atom stereocenters. The van der Waals surface area contributed by atoms with Crippen LogP contribution in [-0.2, 0) is 10.0 Å². The second kappa shape index (κ2) is 8.37. The molecule has 1 aliphatic rings. The Morgan fingerprint density at radius 2 is 1.63 bits per heavy atom. The van der Waals surface area contributed by atoms with E-state index < -0.39 is 10.0 Å². The zero-order valence-electron chi connectivity index (χ0n) is 17.7. The van der Waals surface area contributed by atoms with Crippen LogP contribution in [0.5, 0.6) is 0 Å². The summed E-state index contributed by atoms with van der Waals surface area (Å²) in [5.74, 6) is 0. The average molecular weight is 420 g/mol. The lowest BCUT2D eigenvalue weighted by atomic mass is 9.83. The fourth-order valence-electron chi connectivity index (χ4n) is 4.36. The van der Waals surface area contributed by atoms with E-state index in [9.17, 15) is 8.42 Å². The van der Waals surface area contributed by atoms with E-state index in [1.807, 2.05) is 60.7 Å². The normalized spacial score (nSPS) is 20.4. The fourth-order valence-corrected chi connectivity index (χ4v) is 6.02. The van der Waals surface area contributed by atoms with E-state index in [2.05, 4.69) is 26.0 Å². The maximum absolute atomic E-state index is 13.7. The summed E-state index contributed by atoms with van der Waals surface area (Å²) < 4.78 is 29.1. The molecule has 0 aliphatic carbocycles. The third-order valence-electron chi connectivity index (χ3n) is 6.00. The molecular weight excluding hydrogens is 390 g/mol. The molecule has 3 aromatic rings. The largest absolute Gasteiger partial charge is 0.243 e. The molecule has 1 aliphatic heterocycles. The van der Waals surface area contributed by atoms with Gasteiger partial charge in [-0.25, -0.2) is 8.42 Å². The Balaban J connectivity index is 1.72. The summed E-state index contributed by atoms with van der Waals surface area (Å²) in [4.78, 5) is 0.374. The van der Waals surface area contributed by atoms with Gasteiger partial charge in [0.05, 0.1) is 4.90 Å². The lowest BCUT2D eigenvalue weighted by Crippen LogP contribution is -2.39. The van der Waals surface area contributed by atoms with Crippen molar-refractivity contribution in [1.82, 2.24) is 4.31 Å². The molecule has 1 fully saturated rings. The molecule has 0 radical (unpaired) electrons. The van der Waals surface area contributed by atoms with Crippen LogP contribution in [0.4, 0.5) is 0 Å². The van der Waals surface area contributed by atoms with Crippen LogP contribution < -0.4 is 0 Å². The van der Waals surface area contributed by atoms with Gasteiger partial charge in [-0.15, -0.1) is 0 Å². The number of fused-ring (bicyclic) bond motifs is 1. The van der Waals surface area contributed by atoms with Crippen molar-refractivity contribution in [1.29, 1.82) is 0 Å². The van der Waals surface area contributed by atoms with E-state index in [4.69, 9.17) is 0 Å². The van der Waals surface area contributed by atoms with Gasteiger partial charge in [-0.3, -0.25) is 0 Å². The monoisotopic (exact) mass is 419 g/mol. The summed E-state index contributed by atoms with van der Waals surface area (Å²) in [7, 11) is -3.60. The minimum atomic E-state index is -3.60. The lowest BCUT2D eigenvalue weighted by Gasteiger charge is -2.30. The predicted molar refractivity (Wildman–Crippen MR) is 125 cm³/mol. The summed E-state index contributed by atoms with van der Waals surface area (Å²) >= 11 is 0. The van der Waals surface area contributed by atoms with Crippen LogP contribution in [0.1, 0.15) is 38.7 Å². The van der Waals surface area contributed by atoms with Gasteiger partial charge in [-0.05, 0) is 53.1 Å². The zero-order valence-corrected chi connectivity index (χ0v) is 18.5. The van der Waals surface area contributed by atoms with E-state index in [0.29, 0.717) is 11.4 Å². The Hall–Kier alpha value is -2.43. The molecule has 30 heavy (non-hydrogen) atoms. The van der Waals surface area contributed by atoms with Crippen molar-refractivity contribution >= 4 is 26.9 Å². The van der Waals surface area contributed by atoms with E-state index in [0.717, 1.165) is 35.6 Å². The molecular formula is C26H29NO2S. The molecule has 0 aromatic heterocycles. The van der Waals surface area contributed by atoms with Gasteiger partial charge in [0, 0.05) is 12.6 Å². The van der Waals surface area contributed by atoms with Crippen LogP contribution in [0.25, 0.3) is 16.8 Å². The Morgan fingerprint density at radius 3 is 2.40 bits per heavy atom. The van der Waals surface area contributed by atoms with E-state index >= 15 is 0 Å². The van der Waals surface area contributed by atoms with Crippen molar-refractivity contribution in [3.05, 3.63) is 84.4 Å². The quantitative estimate of drug-likeness (QED) is 0.511. The molecule has 0 saturated carbocycles. The number of rotatable bonds is 4. The first-order valence-electron chi connectivity index (χ1n) is 10.6. The summed E-state index contributed by atoms with van der Waals surface area (Å²) in [5.41, 5.74) is 1.18. The van der Waals surface area contributed by atoms with Crippen molar-refractivity contribution in [2.45, 2.75) is 44.0 Å². The van der Waals surface area contributed by atoms with Gasteiger partial charge in [-0.1, -0.05) is 86.7 Å². The highest BCUT2D eigenvalue weighted by Gasteiger charge is 2.36. The summed E-state index contributed by atoms with van der Waals surface area (Å²) in [6, 6.07) is 23.2. The van der Waals surface area contributed by atoms with Crippen LogP contribution >= 0.6 is 0 Å². The number of sulfonamides is 1. The SMILES string of the molecule is CC1(C)CCCN(S(=O)(=O)c2ccc3ccccc3c2)C(/C=C/c2ccccc2)C1. The van der Waals surface area contributed by atoms with Crippen LogP contribution in [-0.4, -0.2) is 25.3 Å². The highest BCUT2D eigenvalue weighted by atomic mass is 32.2. The smallest absolute Gasteiger partial charge is 0.207 e. The minimum absolute atomic E-state index is 0.0966. The highest BCUT2D eigenvalue weighted by molar-refractivity contribution is 7.89. The molecule has 1 unspecified atom stereocenters. The first-order valence-corrected chi connectivity index (χ1v) is 12.0. The van der Waals surface area contributed by atoms with Crippen LogP contribution in [0.15, 0.2) is 83.8 Å². The first-order chi connectivity index (χ1) is 14.4. The van der Waals surface area contributed by atoms with Gasteiger partial charge in [0.2, 0.25) is 10.0 Å². The van der Waals surface area contributed by atoms with Gasteiger partial charge in [0.25, 0.3) is 0 Å². The number of nitrogens with zero attached hydrogens (tertiary/aromatic N) is 1. The van der Waals surface area contributed by atoms with Gasteiger partial charge in [-0.2, -0.15) is 4.31 Å². The average Bonchev–Trinajstić information content (AvgIpc) is 2.90. The van der Waals surface area contributed by atoms with Crippen LogP contribution in [0.3, 0.4) is 0 Å². The van der Waals surface area contributed by atoms with Gasteiger partial charge < -0.3 is 0 Å². The third-order valence-corrected chi connectivity index (χ3v) is 7.92. The van der Waals surface area contributed by atoms with Crippen molar-refractivity contribution < 1.29 is 8.42 Å². The second-order valence-electron chi connectivity index (χ2n) is 8.93. The Labute approximate surface area is 180 Å². The number of hydrogen-bond acceptors (Lipinski definition) is 2. The molecule has 156 valence electrons. The van der Waals surface area contributed by atoms with E-state index in [1.165, 1.54) is 0 Å². The molecule has 0 amide bonds. The molecule has 1 heterocycles. The van der Waals surface area contributed by atoms with E-state index in [1.54, 1.807) is 16.4 Å². The molecule has 4 heteroatoms. The maximum atomic E-state index is 13.7. The van der Waals surface area contributed by atoms with Gasteiger partial charge in [0.1, 0.15) is 0 Å². The Kier molecular flexibility index (Phi) is 5.81. The van der Waals surface area contributed by atoms with Crippen molar-refractivity contribution in [3.8, 4) is 0 Å². The highest BCUT2D eigenvalue weighted by Crippen LogP contribution is 2.36. The molecule has 0 spiro atoms. The zero-order chi connectivity index (χ0) is 21.2. The topological polar surface area (TPSA) is 37.4 Å². The van der Waals surface area contributed by atoms with Gasteiger partial charge in [0.15, 0.2) is 0 Å². The first kappa shape index (κ1) is 20.8. The van der Waals surface area contributed by atoms with Crippen molar-refractivity contribution in [2.24, 2.45) is 5.41 Å². The van der Waals surface area contributed by atoms with Crippen LogP contribution in [0.2, 0.25) is 0 Å². The molecule has 3 nitrogen and oxygen atoms in total. The predicted octanol–water partition coefficient (Wildman–Crippen LogP) is 6.12.